The molecule has 0 radical (unpaired) electrons. The second-order valence-electron chi connectivity index (χ2n) is 4.33. The van der Waals surface area contributed by atoms with Gasteiger partial charge in [0, 0.05) is 33.4 Å². The average Bonchev–Trinajstić information content (AvgIpc) is 2.84. The van der Waals surface area contributed by atoms with Gasteiger partial charge in [-0.25, -0.2) is 0 Å². The Morgan fingerprint density at radius 3 is 2.55 bits per heavy atom. The molecule has 0 aliphatic heterocycles. The molecule has 0 spiro atoms. The predicted molar refractivity (Wildman–Crippen MR) is 94.6 cm³/mol. The van der Waals surface area contributed by atoms with Gasteiger partial charge in [-0.3, -0.25) is 9.67 Å². The van der Waals surface area contributed by atoms with Gasteiger partial charge in [0.05, 0.1) is 12.2 Å². The number of halogens is 1. The molecule has 0 amide bonds. The summed E-state index contributed by atoms with van der Waals surface area (Å²) >= 11 is 0. The molecule has 7 heteroatoms. The van der Waals surface area contributed by atoms with Gasteiger partial charge in [0.1, 0.15) is 0 Å². The van der Waals surface area contributed by atoms with Crippen molar-refractivity contribution >= 4 is 29.9 Å². The molecule has 0 aliphatic rings. The first-order valence-corrected chi connectivity index (χ1v) is 6.85. The number of aliphatic imine (C=N–C) groups is 1. The van der Waals surface area contributed by atoms with Crippen LogP contribution in [0.5, 0.6) is 0 Å². The molecule has 1 aromatic rings. The van der Waals surface area contributed by atoms with Crippen molar-refractivity contribution in [1.82, 2.24) is 25.3 Å². The fourth-order valence-electron chi connectivity index (χ4n) is 1.84. The second-order valence-corrected chi connectivity index (χ2v) is 4.33. The molecule has 6 nitrogen and oxygen atoms in total. The van der Waals surface area contributed by atoms with Crippen molar-refractivity contribution in [2.75, 3.05) is 33.2 Å². The Morgan fingerprint density at radius 1 is 1.35 bits per heavy atom. The third-order valence-electron chi connectivity index (χ3n) is 3.20. The van der Waals surface area contributed by atoms with E-state index in [0.29, 0.717) is 0 Å². The number of nitrogens with one attached hydrogen (secondary N) is 2. The molecule has 0 aromatic carbocycles. The molecule has 0 saturated carbocycles. The summed E-state index contributed by atoms with van der Waals surface area (Å²) in [6, 6.07) is 2.00. The molecule has 0 saturated heterocycles. The summed E-state index contributed by atoms with van der Waals surface area (Å²) in [5, 5.41) is 10.7. The Bertz CT molecular complexity index is 386. The number of rotatable bonds is 7. The number of hydrogen-bond acceptors (Lipinski definition) is 3. The average molecular weight is 394 g/mol. The van der Waals surface area contributed by atoms with Crippen molar-refractivity contribution in [2.45, 2.75) is 20.4 Å². The molecule has 0 fully saturated rings. The smallest absolute Gasteiger partial charge is 0.191 e. The van der Waals surface area contributed by atoms with E-state index in [-0.39, 0.29) is 24.0 Å². The molecular weight excluding hydrogens is 367 g/mol. The van der Waals surface area contributed by atoms with Crippen molar-refractivity contribution in [1.29, 1.82) is 0 Å². The third kappa shape index (κ3) is 6.56. The number of guanidine groups is 1. The van der Waals surface area contributed by atoms with E-state index in [1.165, 1.54) is 0 Å². The number of hydrogen-bond donors (Lipinski definition) is 2. The molecule has 20 heavy (non-hydrogen) atoms. The second kappa shape index (κ2) is 10.9. The lowest BCUT2D eigenvalue weighted by Crippen LogP contribution is -2.41. The summed E-state index contributed by atoms with van der Waals surface area (Å²) in [6.07, 6.45) is 1.80. The molecule has 1 aromatic heterocycles. The van der Waals surface area contributed by atoms with Gasteiger partial charge >= 0.3 is 0 Å². The van der Waals surface area contributed by atoms with Gasteiger partial charge in [0.25, 0.3) is 0 Å². The molecule has 116 valence electrons. The van der Waals surface area contributed by atoms with Gasteiger partial charge in [-0.05, 0) is 19.2 Å². The maximum absolute atomic E-state index is 4.21. The quantitative estimate of drug-likeness (QED) is 0.412. The van der Waals surface area contributed by atoms with E-state index in [1.54, 1.807) is 13.2 Å². The summed E-state index contributed by atoms with van der Waals surface area (Å²) in [6.45, 7) is 9.17. The number of nitrogens with zero attached hydrogens (tertiary/aromatic N) is 4. The van der Waals surface area contributed by atoms with Gasteiger partial charge < -0.3 is 15.5 Å². The van der Waals surface area contributed by atoms with Gasteiger partial charge in [-0.1, -0.05) is 13.8 Å². The van der Waals surface area contributed by atoms with Crippen LogP contribution >= 0.6 is 24.0 Å². The summed E-state index contributed by atoms with van der Waals surface area (Å²) in [4.78, 5) is 6.59. The predicted octanol–water partition coefficient (Wildman–Crippen LogP) is 1.04. The largest absolute Gasteiger partial charge is 0.355 e. The summed E-state index contributed by atoms with van der Waals surface area (Å²) in [5.41, 5.74) is 1.13. The molecular formula is C13H27IN6. The first-order valence-electron chi connectivity index (χ1n) is 6.85. The summed E-state index contributed by atoms with van der Waals surface area (Å²) in [7, 11) is 3.73. The minimum atomic E-state index is 0. The van der Waals surface area contributed by atoms with E-state index in [9.17, 15) is 0 Å². The maximum Gasteiger partial charge on any atom is 0.191 e. The zero-order valence-electron chi connectivity index (χ0n) is 12.9. The van der Waals surface area contributed by atoms with Crippen LogP contribution in [0, 0.1) is 0 Å². The van der Waals surface area contributed by atoms with Gasteiger partial charge in [-0.2, -0.15) is 5.10 Å². The van der Waals surface area contributed by atoms with Crippen LogP contribution in [0.3, 0.4) is 0 Å². The Balaban J connectivity index is 0.00000361. The van der Waals surface area contributed by atoms with E-state index < -0.39 is 0 Å². The van der Waals surface area contributed by atoms with Crippen LogP contribution < -0.4 is 10.6 Å². The lowest BCUT2D eigenvalue weighted by atomic mass is 10.4. The topological polar surface area (TPSA) is 57.5 Å². The lowest BCUT2D eigenvalue weighted by Gasteiger charge is -2.19. The molecule has 1 rings (SSSR count). The van der Waals surface area contributed by atoms with Crippen molar-refractivity contribution < 1.29 is 0 Å². The lowest BCUT2D eigenvalue weighted by molar-refractivity contribution is 0.308. The Kier molecular flexibility index (Phi) is 10.4. The highest BCUT2D eigenvalue weighted by molar-refractivity contribution is 14.0. The number of aryl methyl sites for hydroxylation is 1. The van der Waals surface area contributed by atoms with Crippen LogP contribution in [0.2, 0.25) is 0 Å². The van der Waals surface area contributed by atoms with Gasteiger partial charge in [0.2, 0.25) is 0 Å². The van der Waals surface area contributed by atoms with Crippen LogP contribution in [-0.4, -0.2) is 53.9 Å². The fourth-order valence-corrected chi connectivity index (χ4v) is 1.84. The summed E-state index contributed by atoms with van der Waals surface area (Å²) in [5.74, 6) is 0.827. The highest BCUT2D eigenvalue weighted by Gasteiger charge is 2.02. The third-order valence-corrected chi connectivity index (χ3v) is 3.20. The van der Waals surface area contributed by atoms with Crippen LogP contribution in [-0.2, 0) is 13.6 Å². The van der Waals surface area contributed by atoms with E-state index >= 15 is 0 Å². The van der Waals surface area contributed by atoms with Crippen LogP contribution in [0.25, 0.3) is 0 Å². The minimum Gasteiger partial charge on any atom is -0.355 e. The van der Waals surface area contributed by atoms with Gasteiger partial charge in [-0.15, -0.1) is 24.0 Å². The standard InChI is InChI=1S/C13H26N6.HI/c1-5-19(6-2)10-9-15-13(14-3)16-11-12-7-8-17-18(12)4;/h7-8H,5-6,9-11H2,1-4H3,(H2,14,15,16);1H. The van der Waals surface area contributed by atoms with Crippen molar-refractivity contribution in [3.63, 3.8) is 0 Å². The molecule has 0 unspecified atom stereocenters. The SMILES string of the molecule is CCN(CC)CCNC(=NC)NCc1ccnn1C.I. The van der Waals surface area contributed by atoms with Crippen molar-refractivity contribution in [3.8, 4) is 0 Å². The van der Waals surface area contributed by atoms with E-state index in [4.69, 9.17) is 0 Å². The first kappa shape index (κ1) is 19.2. The Morgan fingerprint density at radius 2 is 2.05 bits per heavy atom. The fraction of sp³-hybridized carbons (Fsp3) is 0.692. The number of likely N-dealkylation sites (N-methyl/N-ethyl adjacent to an activating group) is 1. The Labute approximate surface area is 139 Å². The Hall–Kier alpha value is -0.830. The monoisotopic (exact) mass is 394 g/mol. The normalized spacial score (nSPS) is 11.3. The van der Waals surface area contributed by atoms with E-state index in [0.717, 1.165) is 44.4 Å². The molecule has 1 heterocycles. The van der Waals surface area contributed by atoms with Crippen molar-refractivity contribution in [2.24, 2.45) is 12.0 Å². The minimum absolute atomic E-state index is 0. The van der Waals surface area contributed by atoms with Crippen LogP contribution in [0.1, 0.15) is 19.5 Å². The zero-order chi connectivity index (χ0) is 14.1. The van der Waals surface area contributed by atoms with Gasteiger partial charge in [0.15, 0.2) is 5.96 Å². The maximum atomic E-state index is 4.21. The first-order chi connectivity index (χ1) is 9.21. The molecule has 0 aliphatic carbocycles. The number of aromatic nitrogens is 2. The highest BCUT2D eigenvalue weighted by Crippen LogP contribution is 1.94. The molecule has 2 N–H and O–H groups in total. The van der Waals surface area contributed by atoms with Crippen molar-refractivity contribution in [3.05, 3.63) is 18.0 Å². The molecule has 0 bridgehead atoms. The van der Waals surface area contributed by atoms with Crippen LogP contribution in [0.4, 0.5) is 0 Å². The van der Waals surface area contributed by atoms with E-state index in [2.05, 4.69) is 39.5 Å². The summed E-state index contributed by atoms with van der Waals surface area (Å²) < 4.78 is 1.86. The molecule has 0 atom stereocenters. The zero-order valence-corrected chi connectivity index (χ0v) is 15.2. The van der Waals surface area contributed by atoms with Crippen LogP contribution in [0.15, 0.2) is 17.3 Å². The van der Waals surface area contributed by atoms with E-state index in [1.807, 2.05) is 17.8 Å². The highest BCUT2D eigenvalue weighted by atomic mass is 127.